The Kier molecular flexibility index (Phi) is 9.48. The summed E-state index contributed by atoms with van der Waals surface area (Å²) in [5.41, 5.74) is 1.93. The van der Waals surface area contributed by atoms with Gasteiger partial charge in [0.25, 0.3) is 5.91 Å². The van der Waals surface area contributed by atoms with Crippen molar-refractivity contribution in [3.63, 3.8) is 0 Å². The average Bonchev–Trinajstić information content (AvgIpc) is 2.82. The molecule has 0 aliphatic heterocycles. The summed E-state index contributed by atoms with van der Waals surface area (Å²) in [6.45, 7) is 8.18. The molecule has 0 unspecified atom stereocenters. The predicted molar refractivity (Wildman–Crippen MR) is 142 cm³/mol. The van der Waals surface area contributed by atoms with Crippen LogP contribution in [0.25, 0.3) is 0 Å². The predicted octanol–water partition coefficient (Wildman–Crippen LogP) is 6.54. The first-order chi connectivity index (χ1) is 16.5. The first-order valence-electron chi connectivity index (χ1n) is 12.3. The van der Waals surface area contributed by atoms with Crippen LogP contribution in [0.3, 0.4) is 0 Å². The molecule has 1 aliphatic carbocycles. The lowest BCUT2D eigenvalue weighted by Gasteiger charge is -2.31. The molecule has 190 valence electrons. The van der Waals surface area contributed by atoms with Crippen molar-refractivity contribution in [3.8, 4) is 5.75 Å². The van der Waals surface area contributed by atoms with Gasteiger partial charge >= 0.3 is 0 Å². The van der Waals surface area contributed by atoms with Crippen molar-refractivity contribution in [2.75, 3.05) is 6.61 Å². The molecule has 0 radical (unpaired) electrons. The van der Waals surface area contributed by atoms with Crippen LogP contribution in [0.4, 0.5) is 0 Å². The lowest BCUT2D eigenvalue weighted by molar-refractivity contribution is -0.142. The third-order valence-electron chi connectivity index (χ3n) is 6.56. The number of carbonyl (C=O) groups is 2. The minimum Gasteiger partial charge on any atom is -0.484 e. The molecule has 7 heteroatoms. The average molecular weight is 520 g/mol. The number of ether oxygens (including phenoxy) is 1. The van der Waals surface area contributed by atoms with Crippen LogP contribution >= 0.6 is 23.2 Å². The maximum absolute atomic E-state index is 13.3. The van der Waals surface area contributed by atoms with E-state index in [9.17, 15) is 9.59 Å². The highest BCUT2D eigenvalue weighted by molar-refractivity contribution is 6.35. The fraction of sp³-hybridized carbons (Fsp3) is 0.500. The summed E-state index contributed by atoms with van der Waals surface area (Å²) in [6, 6.07) is 12.4. The molecule has 1 saturated carbocycles. The van der Waals surface area contributed by atoms with Gasteiger partial charge in [0.15, 0.2) is 6.61 Å². The smallest absolute Gasteiger partial charge is 0.261 e. The number of halogens is 2. The molecule has 1 atom stereocenters. The Morgan fingerprint density at radius 1 is 1.06 bits per heavy atom. The fourth-order valence-electron chi connectivity index (χ4n) is 4.26. The van der Waals surface area contributed by atoms with Gasteiger partial charge in [0.1, 0.15) is 11.8 Å². The minimum atomic E-state index is -0.678. The van der Waals surface area contributed by atoms with Crippen LogP contribution in [-0.2, 0) is 21.5 Å². The van der Waals surface area contributed by atoms with Crippen LogP contribution in [0.15, 0.2) is 42.5 Å². The molecule has 0 spiro atoms. The Labute approximate surface area is 219 Å². The first kappa shape index (κ1) is 27.3. The van der Waals surface area contributed by atoms with Crippen molar-refractivity contribution in [2.45, 2.75) is 83.8 Å². The van der Waals surface area contributed by atoms with E-state index in [0.717, 1.165) is 31.2 Å². The Balaban J connectivity index is 1.72. The zero-order valence-electron chi connectivity index (χ0n) is 21.1. The first-order valence-corrected chi connectivity index (χ1v) is 13.1. The topological polar surface area (TPSA) is 58.6 Å². The lowest BCUT2D eigenvalue weighted by atomic mass is 9.87. The number of rotatable bonds is 8. The van der Waals surface area contributed by atoms with Crippen molar-refractivity contribution in [1.29, 1.82) is 0 Å². The van der Waals surface area contributed by atoms with Gasteiger partial charge in [0.05, 0.1) is 0 Å². The third-order valence-corrected chi connectivity index (χ3v) is 7.14. The van der Waals surface area contributed by atoms with E-state index in [-0.39, 0.29) is 36.4 Å². The number of carbonyl (C=O) groups excluding carboxylic acids is 2. The Bertz CT molecular complexity index is 1010. The molecule has 3 rings (SSSR count). The van der Waals surface area contributed by atoms with Crippen LogP contribution in [-0.4, -0.2) is 35.4 Å². The number of nitrogens with one attached hydrogen (secondary N) is 1. The molecule has 0 saturated heterocycles. The summed E-state index contributed by atoms with van der Waals surface area (Å²) in [5, 5.41) is 4.10. The molecule has 2 aromatic rings. The van der Waals surface area contributed by atoms with Gasteiger partial charge < -0.3 is 15.0 Å². The molecule has 2 aromatic carbocycles. The van der Waals surface area contributed by atoms with E-state index < -0.39 is 6.04 Å². The highest BCUT2D eigenvalue weighted by atomic mass is 35.5. The molecule has 0 heterocycles. The summed E-state index contributed by atoms with van der Waals surface area (Å²) in [4.78, 5) is 27.9. The van der Waals surface area contributed by atoms with Crippen LogP contribution in [0.1, 0.15) is 70.9 Å². The number of hydrogen-bond acceptors (Lipinski definition) is 3. The summed E-state index contributed by atoms with van der Waals surface area (Å²) < 4.78 is 5.81. The van der Waals surface area contributed by atoms with E-state index in [1.165, 1.54) is 16.9 Å². The lowest BCUT2D eigenvalue weighted by Crippen LogP contribution is -2.51. The fourth-order valence-corrected chi connectivity index (χ4v) is 4.73. The van der Waals surface area contributed by atoms with Gasteiger partial charge in [0, 0.05) is 22.6 Å². The maximum Gasteiger partial charge on any atom is 0.261 e. The van der Waals surface area contributed by atoms with Gasteiger partial charge in [-0.25, -0.2) is 0 Å². The third kappa shape index (κ3) is 7.88. The van der Waals surface area contributed by atoms with E-state index in [2.05, 4.69) is 26.1 Å². The zero-order valence-corrected chi connectivity index (χ0v) is 22.6. The second-order valence-electron chi connectivity index (χ2n) is 10.3. The molecule has 1 N–H and O–H groups in total. The summed E-state index contributed by atoms with van der Waals surface area (Å²) >= 11 is 12.4. The molecular formula is C28H36Cl2N2O3. The normalized spacial score (nSPS) is 15.4. The summed E-state index contributed by atoms with van der Waals surface area (Å²) in [7, 11) is 0. The highest BCUT2D eigenvalue weighted by Gasteiger charge is 2.29. The molecule has 0 bridgehead atoms. The van der Waals surface area contributed by atoms with E-state index >= 15 is 0 Å². The van der Waals surface area contributed by atoms with E-state index in [1.54, 1.807) is 25.1 Å². The Hall–Kier alpha value is -2.24. The van der Waals surface area contributed by atoms with Crippen LogP contribution < -0.4 is 10.1 Å². The highest BCUT2D eigenvalue weighted by Crippen LogP contribution is 2.26. The Morgan fingerprint density at radius 2 is 1.71 bits per heavy atom. The van der Waals surface area contributed by atoms with Crippen LogP contribution in [0.2, 0.25) is 10.0 Å². The van der Waals surface area contributed by atoms with Crippen molar-refractivity contribution in [3.05, 3.63) is 63.6 Å². The van der Waals surface area contributed by atoms with Crippen molar-refractivity contribution in [2.24, 2.45) is 0 Å². The van der Waals surface area contributed by atoms with Gasteiger partial charge in [0.2, 0.25) is 5.91 Å². The molecule has 0 aromatic heterocycles. The largest absolute Gasteiger partial charge is 0.484 e. The monoisotopic (exact) mass is 518 g/mol. The van der Waals surface area contributed by atoms with Crippen LogP contribution in [0, 0.1) is 0 Å². The molecule has 1 aliphatic rings. The van der Waals surface area contributed by atoms with Crippen LogP contribution in [0.5, 0.6) is 5.75 Å². The van der Waals surface area contributed by atoms with Gasteiger partial charge in [-0.1, -0.05) is 81.4 Å². The summed E-state index contributed by atoms with van der Waals surface area (Å²) in [5.74, 6) is 0.155. The molecular weight excluding hydrogens is 483 g/mol. The van der Waals surface area contributed by atoms with Gasteiger partial charge in [-0.2, -0.15) is 0 Å². The summed E-state index contributed by atoms with van der Waals surface area (Å²) in [6.07, 6.45) is 5.39. The molecule has 5 nitrogen and oxygen atoms in total. The molecule has 2 amide bonds. The zero-order chi connectivity index (χ0) is 25.6. The minimum absolute atomic E-state index is 0.0319. The molecule has 1 fully saturated rings. The van der Waals surface area contributed by atoms with Crippen molar-refractivity contribution < 1.29 is 14.3 Å². The van der Waals surface area contributed by atoms with Crippen molar-refractivity contribution in [1.82, 2.24) is 10.2 Å². The number of nitrogens with zero attached hydrogens (tertiary/aromatic N) is 1. The van der Waals surface area contributed by atoms with Gasteiger partial charge in [-0.05, 0) is 60.6 Å². The van der Waals surface area contributed by atoms with Crippen molar-refractivity contribution >= 4 is 35.0 Å². The van der Waals surface area contributed by atoms with E-state index in [1.807, 2.05) is 24.3 Å². The number of benzene rings is 2. The van der Waals surface area contributed by atoms with E-state index in [0.29, 0.717) is 15.8 Å². The second-order valence-corrected chi connectivity index (χ2v) is 11.2. The Morgan fingerprint density at radius 3 is 2.31 bits per heavy atom. The SMILES string of the molecule is C[C@H](C(=O)NC1CCCCC1)N(Cc1ccc(Cl)cc1Cl)C(=O)COc1ccc(C(C)(C)C)cc1. The quantitative estimate of drug-likeness (QED) is 0.431. The van der Waals surface area contributed by atoms with Gasteiger partial charge in [-0.15, -0.1) is 0 Å². The standard InChI is InChI=1S/C28H36Cl2N2O3/c1-19(27(34)31-23-8-6-5-7-9-23)32(17-20-10-13-22(29)16-25(20)30)26(33)18-35-24-14-11-21(12-15-24)28(2,3)4/h10-16,19,23H,5-9,17-18H2,1-4H3,(H,31,34)/t19-/m1/s1. The van der Waals surface area contributed by atoms with E-state index in [4.69, 9.17) is 27.9 Å². The molecule has 35 heavy (non-hydrogen) atoms. The van der Waals surface area contributed by atoms with Gasteiger partial charge in [-0.3, -0.25) is 9.59 Å². The maximum atomic E-state index is 13.3. The second kappa shape index (κ2) is 12.1. The number of amides is 2. The number of hydrogen-bond donors (Lipinski definition) is 1.